The number of cyclic esters (lactones) is 1. The molecule has 0 radical (unpaired) electrons. The fraction of sp³-hybridized carbons (Fsp3) is 0.644. The molecule has 4 aliphatic heterocycles. The van der Waals surface area contributed by atoms with Crippen molar-refractivity contribution in [2.45, 2.75) is 129 Å². The van der Waals surface area contributed by atoms with Crippen molar-refractivity contribution >= 4 is 51.5 Å². The average Bonchev–Trinajstić information content (AvgIpc) is 3.71. The van der Waals surface area contributed by atoms with E-state index in [0.29, 0.717) is 37.4 Å². The monoisotopic (exact) mass is 877 g/mol. The van der Waals surface area contributed by atoms with Crippen molar-refractivity contribution in [1.29, 1.82) is 0 Å². The number of nitrogens with two attached hydrogens (primary N) is 1. The van der Waals surface area contributed by atoms with Crippen LogP contribution < -0.4 is 11.1 Å². The molecule has 62 heavy (non-hydrogen) atoms. The Morgan fingerprint density at radius 3 is 2.53 bits per heavy atom. The van der Waals surface area contributed by atoms with Gasteiger partial charge in [0.15, 0.2) is 23.6 Å². The van der Waals surface area contributed by atoms with Crippen molar-refractivity contribution in [3.63, 3.8) is 0 Å². The maximum Gasteiger partial charge on any atom is 0.410 e. The third kappa shape index (κ3) is 10.0. The molecular weight excluding hydrogens is 815 g/mol. The molecule has 3 saturated heterocycles. The van der Waals surface area contributed by atoms with Gasteiger partial charge in [0, 0.05) is 48.2 Å². The normalized spacial score (nSPS) is 35.8. The molecule has 4 aliphatic rings. The number of carbonyl (C=O) groups excluding carboxylic acids is 3. The maximum atomic E-state index is 14.6. The number of carbonyl (C=O) groups is 3. The number of pyridine rings is 1. The highest BCUT2D eigenvalue weighted by atomic mass is 32.1. The number of rotatable bonds is 8. The van der Waals surface area contributed by atoms with Gasteiger partial charge in [0.05, 0.1) is 35.3 Å². The Labute approximate surface area is 369 Å². The van der Waals surface area contributed by atoms with Gasteiger partial charge in [-0.05, 0) is 91.2 Å². The van der Waals surface area contributed by atoms with Crippen LogP contribution in [0.3, 0.4) is 0 Å². The van der Waals surface area contributed by atoms with Crippen molar-refractivity contribution in [3.8, 4) is 11.8 Å². The van der Waals surface area contributed by atoms with Gasteiger partial charge in [-0.25, -0.2) is 9.79 Å². The molecule has 0 spiro atoms. The van der Waals surface area contributed by atoms with Crippen LogP contribution in [0.4, 0.5) is 15.5 Å². The summed E-state index contributed by atoms with van der Waals surface area (Å²) >= 11 is 1.36. The number of nitrogens with zero attached hydrogens (tertiary/aromatic N) is 5. The standard InChI is InChI=1S/C45H63N7O9S/c1-11-33-45(8)38-27(4)35(48-20-21-52(38)43(56)61-45)25(2)24-44(7,57-22-12-13-31-14-15-34(62-31)50-42(46)49-30-16-18-47-19-17-30)39(28(5)36(53)29(6)40(55)59-33)60-41-37(54)32(51(9)10)23-26(3)58-41/h14-19,25-29,32-33,37-39,41,54H,11,20-24H2,1-10H3,(H3,46,47,49,50)/t25-,26-,27-,28+,29-,32+,33+,37-,38-,39-,41+,44+,45-/m1/s1. The van der Waals surface area contributed by atoms with E-state index in [1.165, 1.54) is 18.3 Å². The number of aliphatic hydroxyl groups excluding tert-OH is 1. The summed E-state index contributed by atoms with van der Waals surface area (Å²) in [5.74, 6) is 2.61. The number of ether oxygens (including phenoxy) is 5. The number of aliphatic imine (C=N–C) groups is 2. The third-order valence-electron chi connectivity index (χ3n) is 12.8. The number of thiophene rings is 1. The smallest absolute Gasteiger partial charge is 0.410 e. The second-order valence-corrected chi connectivity index (χ2v) is 18.7. The van der Waals surface area contributed by atoms with Crippen LogP contribution in [0.5, 0.6) is 0 Å². The number of fused-ring (bicyclic) bond motifs is 1. The predicted molar refractivity (Wildman–Crippen MR) is 236 cm³/mol. The van der Waals surface area contributed by atoms with Gasteiger partial charge in [0.1, 0.15) is 29.7 Å². The van der Waals surface area contributed by atoms with Crippen molar-refractivity contribution in [1.82, 2.24) is 14.8 Å². The lowest BCUT2D eigenvalue weighted by Gasteiger charge is -2.47. The second kappa shape index (κ2) is 19.5. The van der Waals surface area contributed by atoms with Gasteiger partial charge in [-0.1, -0.05) is 39.5 Å². The molecule has 13 atom stereocenters. The summed E-state index contributed by atoms with van der Waals surface area (Å²) in [6.45, 7) is 15.4. The Morgan fingerprint density at radius 2 is 1.84 bits per heavy atom. The van der Waals surface area contributed by atoms with Crippen LogP contribution in [-0.4, -0.2) is 137 Å². The van der Waals surface area contributed by atoms with E-state index in [0.717, 1.165) is 16.3 Å². The van der Waals surface area contributed by atoms with Crippen molar-refractivity contribution < 1.29 is 43.2 Å². The Morgan fingerprint density at radius 1 is 1.11 bits per heavy atom. The number of ketones is 1. The summed E-state index contributed by atoms with van der Waals surface area (Å²) in [5, 5.41) is 15.4. The highest BCUT2D eigenvalue weighted by molar-refractivity contribution is 7.16. The summed E-state index contributed by atoms with van der Waals surface area (Å²) in [6, 6.07) is 6.45. The van der Waals surface area contributed by atoms with E-state index in [1.54, 1.807) is 36.4 Å². The molecule has 0 unspecified atom stereocenters. The molecule has 3 fully saturated rings. The lowest BCUT2D eigenvalue weighted by molar-refractivity contribution is -0.296. The number of aliphatic hydroxyl groups is 1. The average molecular weight is 878 g/mol. The molecule has 0 aliphatic carbocycles. The molecule has 2 bridgehead atoms. The number of guanidine groups is 1. The number of Topliss-reactive ketones (excluding diaryl/α,β-unsaturated/α-hetero) is 1. The molecule has 338 valence electrons. The number of nitrogens with one attached hydrogen (secondary N) is 1. The minimum absolute atomic E-state index is 0.0638. The number of likely N-dealkylation sites (N-methyl/N-ethyl adjacent to an activating group) is 1. The van der Waals surface area contributed by atoms with Crippen LogP contribution in [-0.2, 0) is 33.3 Å². The quantitative estimate of drug-likeness (QED) is 0.105. The minimum Gasteiger partial charge on any atom is -0.458 e. The first-order valence-corrected chi connectivity index (χ1v) is 22.4. The van der Waals surface area contributed by atoms with Crippen LogP contribution in [0.15, 0.2) is 46.6 Å². The third-order valence-corrected chi connectivity index (χ3v) is 13.7. The van der Waals surface area contributed by atoms with E-state index in [1.807, 2.05) is 65.7 Å². The highest BCUT2D eigenvalue weighted by Gasteiger charge is 2.60. The fourth-order valence-corrected chi connectivity index (χ4v) is 10.5. The summed E-state index contributed by atoms with van der Waals surface area (Å²) < 4.78 is 32.3. The first kappa shape index (κ1) is 47.0. The Balaban J connectivity index is 1.37. The zero-order chi connectivity index (χ0) is 45.1. The molecule has 6 heterocycles. The van der Waals surface area contributed by atoms with Crippen molar-refractivity contribution in [3.05, 3.63) is 41.5 Å². The van der Waals surface area contributed by atoms with E-state index in [4.69, 9.17) is 34.4 Å². The summed E-state index contributed by atoms with van der Waals surface area (Å²) in [5.41, 5.74) is 5.25. The highest BCUT2D eigenvalue weighted by Crippen LogP contribution is 2.44. The van der Waals surface area contributed by atoms with Gasteiger partial charge in [0.25, 0.3) is 0 Å². The molecule has 16 nitrogen and oxygen atoms in total. The van der Waals surface area contributed by atoms with Gasteiger partial charge in [-0.15, -0.1) is 11.3 Å². The molecule has 2 aromatic rings. The topological polar surface area (TPSA) is 200 Å². The molecule has 17 heteroatoms. The zero-order valence-corrected chi connectivity index (χ0v) is 38.3. The van der Waals surface area contributed by atoms with E-state index >= 15 is 0 Å². The number of amides is 1. The van der Waals surface area contributed by atoms with Crippen molar-refractivity contribution in [2.75, 3.05) is 39.1 Å². The van der Waals surface area contributed by atoms with Gasteiger partial charge >= 0.3 is 12.1 Å². The van der Waals surface area contributed by atoms with Crippen LogP contribution >= 0.6 is 11.3 Å². The van der Waals surface area contributed by atoms with E-state index in [-0.39, 0.29) is 36.5 Å². The summed E-state index contributed by atoms with van der Waals surface area (Å²) in [6.07, 6.45) is -0.307. The largest absolute Gasteiger partial charge is 0.458 e. The number of esters is 1. The lowest BCUT2D eigenvalue weighted by Crippen LogP contribution is -2.60. The van der Waals surface area contributed by atoms with E-state index < -0.39 is 71.5 Å². The van der Waals surface area contributed by atoms with E-state index in [9.17, 15) is 19.5 Å². The lowest BCUT2D eigenvalue weighted by atomic mass is 9.73. The number of aromatic nitrogens is 1. The number of hydrogen-bond acceptors (Lipinski definition) is 14. The Bertz CT molecular complexity index is 2050. The summed E-state index contributed by atoms with van der Waals surface area (Å²) in [7, 11) is 3.78. The zero-order valence-electron chi connectivity index (χ0n) is 37.5. The molecule has 2 aromatic heterocycles. The van der Waals surface area contributed by atoms with Crippen molar-refractivity contribution in [2.24, 2.45) is 39.4 Å². The van der Waals surface area contributed by atoms with Gasteiger partial charge in [-0.2, -0.15) is 0 Å². The maximum absolute atomic E-state index is 14.6. The van der Waals surface area contributed by atoms with Crippen LogP contribution in [0.25, 0.3) is 0 Å². The molecule has 0 aromatic carbocycles. The summed E-state index contributed by atoms with van der Waals surface area (Å²) in [4.78, 5) is 60.1. The number of hydrogen-bond donors (Lipinski definition) is 3. The predicted octanol–water partition coefficient (Wildman–Crippen LogP) is 5.01. The van der Waals surface area contributed by atoms with Crippen LogP contribution in [0.1, 0.15) is 79.5 Å². The SMILES string of the molecule is CC[C@@H]1OC(=O)[C@H](C)C(=O)[C@H](C)[C@@H](O[C@@H]2O[C@H](C)C[C@H](N(C)C)[C@H]2O)[C@@](C)(OCC#Cc2ccc(/N=C(\N)Nc3ccncc3)s2)C[C@@H](C)C2=NCCN3C(=O)O[C@@]1(C)[C@H]3[C@@H]2C. The molecule has 4 N–H and O–H groups in total. The first-order chi connectivity index (χ1) is 29.4. The van der Waals surface area contributed by atoms with Gasteiger partial charge in [-0.3, -0.25) is 24.5 Å². The molecular formula is C45H63N7O9S. The Hall–Kier alpha value is -4.44. The second-order valence-electron chi connectivity index (χ2n) is 17.7. The van der Waals surface area contributed by atoms with Crippen LogP contribution in [0, 0.1) is 35.5 Å². The molecule has 1 amide bonds. The fourth-order valence-electron chi connectivity index (χ4n) is 9.76. The number of anilines is 1. The molecule has 6 rings (SSSR count). The minimum atomic E-state index is -1.28. The Kier molecular flexibility index (Phi) is 14.8. The van der Waals surface area contributed by atoms with Crippen LogP contribution in [0.2, 0.25) is 0 Å². The molecule has 0 saturated carbocycles. The first-order valence-electron chi connectivity index (χ1n) is 21.5. The van der Waals surface area contributed by atoms with E-state index in [2.05, 4.69) is 34.1 Å². The van der Waals surface area contributed by atoms with Gasteiger partial charge in [0.2, 0.25) is 0 Å². The van der Waals surface area contributed by atoms with Gasteiger partial charge < -0.3 is 44.7 Å².